The monoisotopic (exact) mass is 328 g/mol. The van der Waals surface area contributed by atoms with Crippen LogP contribution in [0.3, 0.4) is 0 Å². The Hall–Kier alpha value is -3.58. The summed E-state index contributed by atoms with van der Waals surface area (Å²) in [5.74, 6) is 0.179. The van der Waals surface area contributed by atoms with Crippen molar-refractivity contribution in [3.05, 3.63) is 77.9 Å². The second-order valence-electron chi connectivity index (χ2n) is 5.46. The summed E-state index contributed by atoms with van der Waals surface area (Å²) in [6.07, 6.45) is 1.59. The van der Waals surface area contributed by atoms with Crippen molar-refractivity contribution >= 4 is 28.4 Å². The van der Waals surface area contributed by atoms with Gasteiger partial charge in [-0.3, -0.25) is 4.79 Å². The molecule has 0 spiro atoms. The zero-order chi connectivity index (χ0) is 17.6. The number of hydrogen-bond acceptors (Lipinski definition) is 3. The number of nitrogens with one attached hydrogen (secondary N) is 1. The first-order valence-corrected chi connectivity index (χ1v) is 7.75. The molecule has 0 bridgehead atoms. The van der Waals surface area contributed by atoms with E-state index in [-0.39, 0.29) is 5.57 Å². The molecule has 0 atom stereocenters. The summed E-state index contributed by atoms with van der Waals surface area (Å²) in [5.41, 5.74) is 1.41. The Kier molecular flexibility index (Phi) is 4.77. The summed E-state index contributed by atoms with van der Waals surface area (Å²) in [7, 11) is 1.56. The molecule has 0 fully saturated rings. The molecule has 0 saturated heterocycles. The van der Waals surface area contributed by atoms with E-state index in [1.807, 2.05) is 48.5 Å². The molecule has 0 aliphatic heterocycles. The third kappa shape index (κ3) is 3.85. The summed E-state index contributed by atoms with van der Waals surface area (Å²) in [6.45, 7) is 0. The Morgan fingerprint density at radius 3 is 2.60 bits per heavy atom. The SMILES string of the molecule is COc1cccc(NC(=O)/C(C#N)=C/c2ccc3ccccc3c2)c1. The fraction of sp³-hybridized carbons (Fsp3) is 0.0476. The number of methoxy groups -OCH3 is 1. The van der Waals surface area contributed by atoms with Gasteiger partial charge in [-0.05, 0) is 40.6 Å². The molecule has 3 rings (SSSR count). The van der Waals surface area contributed by atoms with Crippen molar-refractivity contribution < 1.29 is 9.53 Å². The maximum atomic E-state index is 12.4. The van der Waals surface area contributed by atoms with Crippen LogP contribution in [0.1, 0.15) is 5.56 Å². The van der Waals surface area contributed by atoms with E-state index in [0.29, 0.717) is 11.4 Å². The number of nitrogens with zero attached hydrogens (tertiary/aromatic N) is 1. The fourth-order valence-corrected chi connectivity index (χ4v) is 2.51. The largest absolute Gasteiger partial charge is 0.497 e. The quantitative estimate of drug-likeness (QED) is 0.570. The van der Waals surface area contributed by atoms with E-state index in [2.05, 4.69) is 5.32 Å². The molecular weight excluding hydrogens is 312 g/mol. The highest BCUT2D eigenvalue weighted by Gasteiger charge is 2.10. The highest BCUT2D eigenvalue weighted by molar-refractivity contribution is 6.09. The number of ether oxygens (including phenoxy) is 1. The van der Waals surface area contributed by atoms with E-state index in [1.165, 1.54) is 0 Å². The zero-order valence-corrected chi connectivity index (χ0v) is 13.7. The van der Waals surface area contributed by atoms with Gasteiger partial charge in [-0.25, -0.2) is 0 Å². The van der Waals surface area contributed by atoms with Gasteiger partial charge in [-0.1, -0.05) is 42.5 Å². The molecule has 0 heterocycles. The van der Waals surface area contributed by atoms with Gasteiger partial charge in [0, 0.05) is 11.8 Å². The minimum Gasteiger partial charge on any atom is -0.497 e. The van der Waals surface area contributed by atoms with Gasteiger partial charge in [0.25, 0.3) is 5.91 Å². The van der Waals surface area contributed by atoms with Crippen LogP contribution in [0.2, 0.25) is 0 Å². The van der Waals surface area contributed by atoms with Gasteiger partial charge in [0.05, 0.1) is 7.11 Å². The van der Waals surface area contributed by atoms with Gasteiger partial charge < -0.3 is 10.1 Å². The predicted molar refractivity (Wildman–Crippen MR) is 99.2 cm³/mol. The van der Waals surface area contributed by atoms with E-state index in [4.69, 9.17) is 4.74 Å². The second kappa shape index (κ2) is 7.33. The standard InChI is InChI=1S/C21H16N2O2/c1-25-20-8-4-7-19(13-20)23-21(24)18(14-22)12-15-9-10-16-5-2-3-6-17(16)11-15/h2-13H,1H3,(H,23,24)/b18-12+. The Morgan fingerprint density at radius 1 is 1.04 bits per heavy atom. The van der Waals surface area contributed by atoms with Crippen LogP contribution in [-0.2, 0) is 4.79 Å². The smallest absolute Gasteiger partial charge is 0.266 e. The summed E-state index contributed by atoms with van der Waals surface area (Å²) >= 11 is 0. The number of nitriles is 1. The Labute approximate surface area is 146 Å². The Morgan fingerprint density at radius 2 is 1.84 bits per heavy atom. The molecule has 122 valence electrons. The third-order valence-corrected chi connectivity index (χ3v) is 3.78. The summed E-state index contributed by atoms with van der Waals surface area (Å²) in [5, 5.41) is 14.2. The molecule has 25 heavy (non-hydrogen) atoms. The molecule has 0 aromatic heterocycles. The lowest BCUT2D eigenvalue weighted by molar-refractivity contribution is -0.112. The summed E-state index contributed by atoms with van der Waals surface area (Å²) < 4.78 is 5.13. The van der Waals surface area contributed by atoms with Crippen LogP contribution in [0, 0.1) is 11.3 Å². The van der Waals surface area contributed by atoms with Crippen molar-refractivity contribution in [3.63, 3.8) is 0 Å². The van der Waals surface area contributed by atoms with Gasteiger partial charge >= 0.3 is 0 Å². The lowest BCUT2D eigenvalue weighted by Crippen LogP contribution is -2.13. The summed E-state index contributed by atoms with van der Waals surface area (Å²) in [6, 6.07) is 22.7. The van der Waals surface area contributed by atoms with Crippen LogP contribution in [0.25, 0.3) is 16.8 Å². The molecule has 4 nitrogen and oxygen atoms in total. The second-order valence-corrected chi connectivity index (χ2v) is 5.46. The highest BCUT2D eigenvalue weighted by atomic mass is 16.5. The minimum atomic E-state index is -0.455. The number of carbonyl (C=O) groups excluding carboxylic acids is 1. The highest BCUT2D eigenvalue weighted by Crippen LogP contribution is 2.19. The molecule has 0 aliphatic rings. The Bertz CT molecular complexity index is 1000. The average molecular weight is 328 g/mol. The van der Waals surface area contributed by atoms with Crippen molar-refractivity contribution in [2.24, 2.45) is 0 Å². The van der Waals surface area contributed by atoms with Crippen molar-refractivity contribution in [2.75, 3.05) is 12.4 Å². The number of anilines is 1. The van der Waals surface area contributed by atoms with Crippen LogP contribution >= 0.6 is 0 Å². The van der Waals surface area contributed by atoms with E-state index in [1.54, 1.807) is 37.5 Å². The van der Waals surface area contributed by atoms with Crippen LogP contribution in [0.4, 0.5) is 5.69 Å². The molecule has 1 amide bonds. The molecule has 3 aromatic rings. The Balaban J connectivity index is 1.85. The molecule has 0 aliphatic carbocycles. The average Bonchev–Trinajstić information content (AvgIpc) is 2.66. The number of benzene rings is 3. The maximum Gasteiger partial charge on any atom is 0.266 e. The number of amides is 1. The van der Waals surface area contributed by atoms with Crippen LogP contribution < -0.4 is 10.1 Å². The molecule has 3 aromatic carbocycles. The number of carbonyl (C=O) groups is 1. The zero-order valence-electron chi connectivity index (χ0n) is 13.7. The van der Waals surface area contributed by atoms with Crippen molar-refractivity contribution in [1.29, 1.82) is 5.26 Å². The molecule has 0 unspecified atom stereocenters. The van der Waals surface area contributed by atoms with Gasteiger partial charge in [-0.2, -0.15) is 5.26 Å². The molecule has 4 heteroatoms. The molecule has 0 radical (unpaired) electrons. The van der Waals surface area contributed by atoms with E-state index in [0.717, 1.165) is 16.3 Å². The van der Waals surface area contributed by atoms with Gasteiger partial charge in [0.1, 0.15) is 17.4 Å². The van der Waals surface area contributed by atoms with Gasteiger partial charge in [-0.15, -0.1) is 0 Å². The van der Waals surface area contributed by atoms with Crippen molar-refractivity contribution in [1.82, 2.24) is 0 Å². The number of hydrogen-bond donors (Lipinski definition) is 1. The lowest BCUT2D eigenvalue weighted by atomic mass is 10.0. The number of rotatable bonds is 4. The topological polar surface area (TPSA) is 62.1 Å². The predicted octanol–water partition coefficient (Wildman–Crippen LogP) is 4.39. The normalized spacial score (nSPS) is 11.0. The first-order chi connectivity index (χ1) is 12.2. The van der Waals surface area contributed by atoms with Crippen molar-refractivity contribution in [2.45, 2.75) is 0 Å². The summed E-state index contributed by atoms with van der Waals surface area (Å²) in [4.78, 5) is 12.4. The van der Waals surface area contributed by atoms with E-state index in [9.17, 15) is 10.1 Å². The minimum absolute atomic E-state index is 0.0399. The van der Waals surface area contributed by atoms with Gasteiger partial charge in [0.15, 0.2) is 0 Å². The van der Waals surface area contributed by atoms with Crippen LogP contribution in [0.15, 0.2) is 72.3 Å². The molecule has 1 N–H and O–H groups in total. The molecular formula is C21H16N2O2. The number of fused-ring (bicyclic) bond motifs is 1. The first-order valence-electron chi connectivity index (χ1n) is 7.75. The van der Waals surface area contributed by atoms with E-state index < -0.39 is 5.91 Å². The third-order valence-electron chi connectivity index (χ3n) is 3.78. The maximum absolute atomic E-state index is 12.4. The van der Waals surface area contributed by atoms with Crippen LogP contribution in [0.5, 0.6) is 5.75 Å². The molecule has 0 saturated carbocycles. The fourth-order valence-electron chi connectivity index (χ4n) is 2.51. The first kappa shape index (κ1) is 16.3. The van der Waals surface area contributed by atoms with E-state index >= 15 is 0 Å². The van der Waals surface area contributed by atoms with Crippen molar-refractivity contribution in [3.8, 4) is 11.8 Å². The lowest BCUT2D eigenvalue weighted by Gasteiger charge is -2.06. The van der Waals surface area contributed by atoms with Gasteiger partial charge in [0.2, 0.25) is 0 Å². The van der Waals surface area contributed by atoms with Crippen LogP contribution in [-0.4, -0.2) is 13.0 Å².